The first kappa shape index (κ1) is 9.83. The first-order valence-electron chi connectivity index (χ1n) is 4.83. The molecule has 0 fully saturated rings. The fraction of sp³-hybridized carbons (Fsp3) is 0.273. The Morgan fingerprint density at radius 1 is 1.33 bits per heavy atom. The van der Waals surface area contributed by atoms with Crippen LogP contribution in [0.25, 0.3) is 11.4 Å². The molecule has 0 saturated heterocycles. The minimum Gasteiger partial charge on any atom is -0.259 e. The number of aromatic amines is 1. The van der Waals surface area contributed by atoms with Crippen molar-refractivity contribution in [2.24, 2.45) is 0 Å². The van der Waals surface area contributed by atoms with Crippen molar-refractivity contribution in [3.63, 3.8) is 0 Å². The first-order chi connectivity index (χ1) is 7.18. The van der Waals surface area contributed by atoms with E-state index in [2.05, 4.69) is 29.0 Å². The second kappa shape index (κ2) is 3.81. The van der Waals surface area contributed by atoms with Crippen LogP contribution in [0.5, 0.6) is 0 Å². The number of halogens is 1. The smallest absolute Gasteiger partial charge is 0.158 e. The largest absolute Gasteiger partial charge is 0.259 e. The van der Waals surface area contributed by atoms with E-state index >= 15 is 0 Å². The molecule has 2 aromatic rings. The van der Waals surface area contributed by atoms with Crippen LogP contribution >= 0.6 is 0 Å². The van der Waals surface area contributed by atoms with Gasteiger partial charge in [-0.05, 0) is 23.6 Å². The second-order valence-corrected chi connectivity index (χ2v) is 3.73. The fourth-order valence-electron chi connectivity index (χ4n) is 1.42. The lowest BCUT2D eigenvalue weighted by Gasteiger charge is -2.07. The lowest BCUT2D eigenvalue weighted by molar-refractivity contribution is 0.628. The Morgan fingerprint density at radius 3 is 2.73 bits per heavy atom. The SMILES string of the molecule is CC(C)c1ccc(F)c(-c2ncn[nH]2)c1. The molecule has 0 saturated carbocycles. The molecule has 0 atom stereocenters. The Kier molecular flexibility index (Phi) is 2.49. The van der Waals surface area contributed by atoms with Gasteiger partial charge in [-0.2, -0.15) is 5.10 Å². The normalized spacial score (nSPS) is 10.9. The first-order valence-corrected chi connectivity index (χ1v) is 4.83. The van der Waals surface area contributed by atoms with Gasteiger partial charge in [0.25, 0.3) is 0 Å². The Balaban J connectivity index is 2.51. The van der Waals surface area contributed by atoms with E-state index in [-0.39, 0.29) is 5.82 Å². The number of aromatic nitrogens is 3. The third kappa shape index (κ3) is 1.88. The molecule has 0 aliphatic carbocycles. The number of nitrogens with zero attached hydrogens (tertiary/aromatic N) is 2. The summed E-state index contributed by atoms with van der Waals surface area (Å²) in [5, 5.41) is 6.37. The molecule has 0 spiro atoms. The van der Waals surface area contributed by atoms with E-state index in [4.69, 9.17) is 0 Å². The van der Waals surface area contributed by atoms with Crippen molar-refractivity contribution < 1.29 is 4.39 Å². The van der Waals surface area contributed by atoms with E-state index in [1.165, 1.54) is 12.4 Å². The average molecular weight is 205 g/mol. The highest BCUT2D eigenvalue weighted by Crippen LogP contribution is 2.23. The zero-order valence-electron chi connectivity index (χ0n) is 8.66. The highest BCUT2D eigenvalue weighted by atomic mass is 19.1. The van der Waals surface area contributed by atoms with Crippen LogP contribution in [0.3, 0.4) is 0 Å². The quantitative estimate of drug-likeness (QED) is 0.819. The van der Waals surface area contributed by atoms with Gasteiger partial charge in [0.1, 0.15) is 12.1 Å². The van der Waals surface area contributed by atoms with Crippen LogP contribution in [-0.4, -0.2) is 15.2 Å². The highest BCUT2D eigenvalue weighted by Gasteiger charge is 2.09. The molecular formula is C11H12FN3. The molecule has 1 heterocycles. The molecule has 1 aromatic heterocycles. The van der Waals surface area contributed by atoms with Crippen molar-refractivity contribution in [1.29, 1.82) is 0 Å². The standard InChI is InChI=1S/C11H12FN3/c1-7(2)8-3-4-10(12)9(5-8)11-13-6-14-15-11/h3-7H,1-2H3,(H,13,14,15). The predicted octanol–water partition coefficient (Wildman–Crippen LogP) is 2.73. The van der Waals surface area contributed by atoms with Gasteiger partial charge in [0, 0.05) is 0 Å². The summed E-state index contributed by atoms with van der Waals surface area (Å²) < 4.78 is 13.5. The summed E-state index contributed by atoms with van der Waals surface area (Å²) in [5.41, 5.74) is 1.56. The van der Waals surface area contributed by atoms with E-state index in [0.29, 0.717) is 17.3 Å². The van der Waals surface area contributed by atoms with Gasteiger partial charge in [-0.1, -0.05) is 19.9 Å². The molecule has 0 radical (unpaired) electrons. The summed E-state index contributed by atoms with van der Waals surface area (Å²) in [6.45, 7) is 4.13. The van der Waals surface area contributed by atoms with E-state index in [1.807, 2.05) is 0 Å². The molecule has 4 heteroatoms. The monoisotopic (exact) mass is 205 g/mol. The van der Waals surface area contributed by atoms with Gasteiger partial charge in [-0.25, -0.2) is 9.37 Å². The summed E-state index contributed by atoms with van der Waals surface area (Å²) in [6.07, 6.45) is 1.37. The number of nitrogens with one attached hydrogen (secondary N) is 1. The van der Waals surface area contributed by atoms with E-state index in [9.17, 15) is 4.39 Å². The zero-order valence-corrected chi connectivity index (χ0v) is 8.66. The van der Waals surface area contributed by atoms with Crippen molar-refractivity contribution in [2.75, 3.05) is 0 Å². The second-order valence-electron chi connectivity index (χ2n) is 3.73. The maximum atomic E-state index is 13.5. The lowest BCUT2D eigenvalue weighted by Crippen LogP contribution is -1.92. The predicted molar refractivity (Wildman–Crippen MR) is 55.9 cm³/mol. The topological polar surface area (TPSA) is 41.6 Å². The Bertz CT molecular complexity index is 449. The molecule has 1 aromatic carbocycles. The summed E-state index contributed by atoms with van der Waals surface area (Å²) in [4.78, 5) is 3.94. The summed E-state index contributed by atoms with van der Waals surface area (Å²) >= 11 is 0. The molecule has 78 valence electrons. The van der Waals surface area contributed by atoms with E-state index in [0.717, 1.165) is 5.56 Å². The molecule has 0 amide bonds. The van der Waals surface area contributed by atoms with Crippen LogP contribution in [0.1, 0.15) is 25.3 Å². The minimum atomic E-state index is -0.281. The Hall–Kier alpha value is -1.71. The van der Waals surface area contributed by atoms with Crippen molar-refractivity contribution in [1.82, 2.24) is 15.2 Å². The molecule has 2 rings (SSSR count). The van der Waals surface area contributed by atoms with Crippen molar-refractivity contribution >= 4 is 0 Å². The molecule has 0 aliphatic heterocycles. The van der Waals surface area contributed by atoms with Crippen molar-refractivity contribution in [3.05, 3.63) is 35.9 Å². The van der Waals surface area contributed by atoms with Gasteiger partial charge in [-0.15, -0.1) is 0 Å². The van der Waals surface area contributed by atoms with Gasteiger partial charge in [0.15, 0.2) is 5.82 Å². The Labute approximate surface area is 87.4 Å². The molecule has 0 bridgehead atoms. The number of hydrogen-bond donors (Lipinski definition) is 1. The molecule has 0 aliphatic rings. The number of rotatable bonds is 2. The highest BCUT2D eigenvalue weighted by molar-refractivity contribution is 5.56. The molecule has 0 unspecified atom stereocenters. The lowest BCUT2D eigenvalue weighted by atomic mass is 10.0. The van der Waals surface area contributed by atoms with Gasteiger partial charge in [0.05, 0.1) is 5.56 Å². The number of hydrogen-bond acceptors (Lipinski definition) is 2. The van der Waals surface area contributed by atoms with E-state index < -0.39 is 0 Å². The van der Waals surface area contributed by atoms with Crippen LogP contribution in [0, 0.1) is 5.82 Å². The third-order valence-electron chi connectivity index (χ3n) is 2.33. The van der Waals surface area contributed by atoms with Crippen LogP contribution < -0.4 is 0 Å². The minimum absolute atomic E-state index is 0.281. The zero-order chi connectivity index (χ0) is 10.8. The molecule has 15 heavy (non-hydrogen) atoms. The van der Waals surface area contributed by atoms with Crippen LogP contribution in [0.2, 0.25) is 0 Å². The van der Waals surface area contributed by atoms with Gasteiger partial charge >= 0.3 is 0 Å². The third-order valence-corrected chi connectivity index (χ3v) is 2.33. The van der Waals surface area contributed by atoms with Gasteiger partial charge in [0.2, 0.25) is 0 Å². The number of H-pyrrole nitrogens is 1. The molecule has 1 N–H and O–H groups in total. The molecular weight excluding hydrogens is 193 g/mol. The van der Waals surface area contributed by atoms with Crippen LogP contribution in [0.4, 0.5) is 4.39 Å². The maximum Gasteiger partial charge on any atom is 0.158 e. The van der Waals surface area contributed by atoms with Crippen molar-refractivity contribution in [2.45, 2.75) is 19.8 Å². The number of benzene rings is 1. The van der Waals surface area contributed by atoms with Crippen LogP contribution in [-0.2, 0) is 0 Å². The van der Waals surface area contributed by atoms with Crippen molar-refractivity contribution in [3.8, 4) is 11.4 Å². The van der Waals surface area contributed by atoms with Gasteiger partial charge in [-0.3, -0.25) is 5.10 Å². The van der Waals surface area contributed by atoms with Crippen LogP contribution in [0.15, 0.2) is 24.5 Å². The average Bonchev–Trinajstić information content (AvgIpc) is 2.71. The van der Waals surface area contributed by atoms with Gasteiger partial charge < -0.3 is 0 Å². The van der Waals surface area contributed by atoms with E-state index in [1.54, 1.807) is 12.1 Å². The Morgan fingerprint density at radius 2 is 2.13 bits per heavy atom. The fourth-order valence-corrected chi connectivity index (χ4v) is 1.42. The summed E-state index contributed by atoms with van der Waals surface area (Å²) in [7, 11) is 0. The summed E-state index contributed by atoms with van der Waals surface area (Å²) in [5.74, 6) is 0.554. The summed E-state index contributed by atoms with van der Waals surface area (Å²) in [6, 6.07) is 5.06. The maximum absolute atomic E-state index is 13.5. The molecule has 3 nitrogen and oxygen atoms in total.